The van der Waals surface area contributed by atoms with Gasteiger partial charge in [0.05, 0.1) is 37.0 Å². The highest BCUT2D eigenvalue weighted by atomic mass is 16.6. The molecule has 0 bridgehead atoms. The molecule has 0 amide bonds. The number of nitrogen functional groups attached to an aromatic ring is 1. The molecule has 2 N–H and O–H groups in total. The van der Waals surface area contributed by atoms with Crippen LogP contribution in [0.2, 0.25) is 0 Å². The maximum absolute atomic E-state index is 10.8. The van der Waals surface area contributed by atoms with Crippen LogP contribution >= 0.6 is 0 Å². The molecule has 0 saturated heterocycles. The third-order valence-corrected chi connectivity index (χ3v) is 3.45. The van der Waals surface area contributed by atoms with E-state index in [9.17, 15) is 10.1 Å². The van der Waals surface area contributed by atoms with Crippen LogP contribution in [0.4, 0.5) is 11.5 Å². The zero-order chi connectivity index (χ0) is 15.0. The van der Waals surface area contributed by atoms with E-state index in [1.165, 1.54) is 19.2 Å². The number of non-ortho nitro benzene ring substituents is 1. The number of hydrogen-bond acceptors (Lipinski definition) is 6. The number of nitro groups is 1. The summed E-state index contributed by atoms with van der Waals surface area (Å²) in [6.45, 7) is 1.02. The molecule has 0 radical (unpaired) electrons. The minimum atomic E-state index is -0.465. The number of hydrogen-bond donors (Lipinski definition) is 1. The second kappa shape index (κ2) is 5.06. The molecule has 0 fully saturated rings. The molecule has 1 aromatic heterocycles. The second-order valence-corrected chi connectivity index (χ2v) is 4.64. The van der Waals surface area contributed by atoms with E-state index in [1.807, 2.05) is 0 Å². The van der Waals surface area contributed by atoms with Crippen molar-refractivity contribution in [2.45, 2.75) is 13.0 Å². The maximum Gasteiger partial charge on any atom is 0.273 e. The van der Waals surface area contributed by atoms with Gasteiger partial charge in [-0.15, -0.1) is 5.10 Å². The fourth-order valence-electron chi connectivity index (χ4n) is 2.42. The van der Waals surface area contributed by atoms with Gasteiger partial charge in [-0.1, -0.05) is 0 Å². The molecule has 2 aromatic rings. The van der Waals surface area contributed by atoms with Crippen molar-refractivity contribution in [2.75, 3.05) is 19.5 Å². The largest absolute Gasteiger partial charge is 0.494 e. The number of methoxy groups -OCH3 is 1. The van der Waals surface area contributed by atoms with Crippen LogP contribution in [0, 0.1) is 10.1 Å². The molecule has 1 aliphatic rings. The van der Waals surface area contributed by atoms with Gasteiger partial charge in [-0.3, -0.25) is 10.1 Å². The van der Waals surface area contributed by atoms with Crippen molar-refractivity contribution in [1.29, 1.82) is 0 Å². The Hall–Kier alpha value is -2.61. The van der Waals surface area contributed by atoms with Crippen molar-refractivity contribution < 1.29 is 14.4 Å². The number of nitrogens with zero attached hydrogens (tertiary/aromatic N) is 3. The van der Waals surface area contributed by atoms with Crippen molar-refractivity contribution in [3.8, 4) is 11.4 Å². The summed E-state index contributed by atoms with van der Waals surface area (Å²) in [5.41, 5.74) is 8.31. The first kappa shape index (κ1) is 13.4. The molecule has 0 atom stereocenters. The third-order valence-electron chi connectivity index (χ3n) is 3.45. The van der Waals surface area contributed by atoms with Crippen molar-refractivity contribution in [1.82, 2.24) is 9.78 Å². The van der Waals surface area contributed by atoms with Crippen LogP contribution in [0.15, 0.2) is 18.2 Å². The van der Waals surface area contributed by atoms with Crippen LogP contribution < -0.4 is 10.5 Å². The lowest BCUT2D eigenvalue weighted by Crippen LogP contribution is -2.13. The van der Waals surface area contributed by atoms with Gasteiger partial charge in [-0.25, -0.2) is 4.68 Å². The summed E-state index contributed by atoms with van der Waals surface area (Å²) in [6.07, 6.45) is 0.680. The van der Waals surface area contributed by atoms with Gasteiger partial charge in [-0.2, -0.15) is 0 Å². The Morgan fingerprint density at radius 3 is 3.05 bits per heavy atom. The molecule has 110 valence electrons. The van der Waals surface area contributed by atoms with E-state index in [4.69, 9.17) is 15.2 Å². The lowest BCUT2D eigenvalue weighted by molar-refractivity contribution is -0.384. The monoisotopic (exact) mass is 290 g/mol. The number of nitro benzene ring substituents is 1. The standard InChI is InChI=1S/C13H14N4O4/c1-20-12-6-8(17(18)19)2-3-11(12)16-10-4-5-21-7-9(10)13(14)15-16/h2-3,6H,4-5,7H2,1H3,(H2,14,15). The number of anilines is 1. The molecule has 0 unspecified atom stereocenters. The number of benzene rings is 1. The first-order chi connectivity index (χ1) is 10.1. The number of nitrogens with two attached hydrogens (primary N) is 1. The Labute approximate surface area is 120 Å². The molecule has 3 rings (SSSR count). The third kappa shape index (κ3) is 2.19. The highest BCUT2D eigenvalue weighted by molar-refractivity contribution is 5.56. The van der Waals surface area contributed by atoms with Gasteiger partial charge in [0.15, 0.2) is 11.6 Å². The molecule has 0 aliphatic carbocycles. The molecule has 1 aliphatic heterocycles. The Kier molecular flexibility index (Phi) is 3.22. The lowest BCUT2D eigenvalue weighted by Gasteiger charge is -2.16. The fraction of sp³-hybridized carbons (Fsp3) is 0.308. The topological polar surface area (TPSA) is 105 Å². The summed E-state index contributed by atoms with van der Waals surface area (Å²) in [5, 5.41) is 15.2. The summed E-state index contributed by atoms with van der Waals surface area (Å²) in [6, 6.07) is 4.40. The molecule has 8 heteroatoms. The molecular weight excluding hydrogens is 276 g/mol. The van der Waals surface area contributed by atoms with Crippen molar-refractivity contribution >= 4 is 11.5 Å². The first-order valence-corrected chi connectivity index (χ1v) is 6.38. The molecule has 1 aromatic carbocycles. The van der Waals surface area contributed by atoms with Crippen molar-refractivity contribution in [3.63, 3.8) is 0 Å². The van der Waals surface area contributed by atoms with Gasteiger partial charge in [-0.05, 0) is 6.07 Å². The summed E-state index contributed by atoms with van der Waals surface area (Å²) < 4.78 is 12.3. The molecule has 21 heavy (non-hydrogen) atoms. The van der Waals surface area contributed by atoms with Crippen LogP contribution in [-0.2, 0) is 17.8 Å². The van der Waals surface area contributed by atoms with E-state index in [2.05, 4.69) is 5.10 Å². The maximum atomic E-state index is 10.8. The summed E-state index contributed by atoms with van der Waals surface area (Å²) in [7, 11) is 1.46. The zero-order valence-electron chi connectivity index (χ0n) is 11.4. The number of fused-ring (bicyclic) bond motifs is 1. The van der Waals surface area contributed by atoms with Crippen LogP contribution in [0.1, 0.15) is 11.3 Å². The SMILES string of the molecule is COc1cc([N+](=O)[O-])ccc1-n1nc(N)c2c1CCOC2. The van der Waals surface area contributed by atoms with Crippen LogP contribution in [0.25, 0.3) is 5.69 Å². The Bertz CT molecular complexity index is 710. The van der Waals surface area contributed by atoms with Crippen molar-refractivity contribution in [3.05, 3.63) is 39.6 Å². The molecule has 2 heterocycles. The van der Waals surface area contributed by atoms with Crippen LogP contribution in [-0.4, -0.2) is 28.4 Å². The quantitative estimate of drug-likeness (QED) is 0.677. The normalized spacial score (nSPS) is 13.8. The highest BCUT2D eigenvalue weighted by Gasteiger charge is 2.23. The Morgan fingerprint density at radius 2 is 2.33 bits per heavy atom. The predicted molar refractivity (Wildman–Crippen MR) is 74.5 cm³/mol. The van der Waals surface area contributed by atoms with E-state index in [-0.39, 0.29) is 5.69 Å². The number of ether oxygens (including phenoxy) is 2. The minimum Gasteiger partial charge on any atom is -0.494 e. The van der Waals surface area contributed by atoms with Gasteiger partial charge in [0, 0.05) is 18.1 Å². The van der Waals surface area contributed by atoms with Gasteiger partial charge in [0.2, 0.25) is 0 Å². The Morgan fingerprint density at radius 1 is 1.52 bits per heavy atom. The minimum absolute atomic E-state index is 0.0343. The molecule has 0 spiro atoms. The van der Waals surface area contributed by atoms with E-state index >= 15 is 0 Å². The lowest BCUT2D eigenvalue weighted by atomic mass is 10.1. The number of rotatable bonds is 3. The van der Waals surface area contributed by atoms with Gasteiger partial charge < -0.3 is 15.2 Å². The van der Waals surface area contributed by atoms with E-state index < -0.39 is 4.92 Å². The fourth-order valence-corrected chi connectivity index (χ4v) is 2.42. The average molecular weight is 290 g/mol. The van der Waals surface area contributed by atoms with Gasteiger partial charge >= 0.3 is 0 Å². The highest BCUT2D eigenvalue weighted by Crippen LogP contribution is 2.32. The molecule has 0 saturated carbocycles. The molecular formula is C13H14N4O4. The van der Waals surface area contributed by atoms with E-state index in [0.717, 1.165) is 11.3 Å². The van der Waals surface area contributed by atoms with Crippen LogP contribution in [0.3, 0.4) is 0 Å². The second-order valence-electron chi connectivity index (χ2n) is 4.64. The van der Waals surface area contributed by atoms with Gasteiger partial charge in [0.1, 0.15) is 5.69 Å². The average Bonchev–Trinajstić information content (AvgIpc) is 2.84. The van der Waals surface area contributed by atoms with Crippen LogP contribution in [0.5, 0.6) is 5.75 Å². The first-order valence-electron chi connectivity index (χ1n) is 6.38. The summed E-state index contributed by atoms with van der Waals surface area (Å²) >= 11 is 0. The smallest absolute Gasteiger partial charge is 0.273 e. The van der Waals surface area contributed by atoms with Crippen molar-refractivity contribution in [2.24, 2.45) is 0 Å². The predicted octanol–water partition coefficient (Wildman–Crippen LogP) is 1.44. The molecule has 8 nitrogen and oxygen atoms in total. The summed E-state index contributed by atoms with van der Waals surface area (Å²) in [5.74, 6) is 0.783. The van der Waals surface area contributed by atoms with E-state index in [1.54, 1.807) is 10.7 Å². The zero-order valence-corrected chi connectivity index (χ0v) is 11.4. The summed E-state index contributed by atoms with van der Waals surface area (Å²) in [4.78, 5) is 10.4. The Balaban J connectivity index is 2.14. The van der Waals surface area contributed by atoms with E-state index in [0.29, 0.717) is 36.9 Å². The van der Waals surface area contributed by atoms with Gasteiger partial charge in [0.25, 0.3) is 5.69 Å². The number of aromatic nitrogens is 2.